The molecule has 0 saturated heterocycles. The van der Waals surface area contributed by atoms with Crippen molar-refractivity contribution in [2.45, 2.75) is 52.4 Å². The third-order valence-corrected chi connectivity index (χ3v) is 3.70. The van der Waals surface area contributed by atoms with Crippen LogP contribution in [0.25, 0.3) is 0 Å². The Labute approximate surface area is 136 Å². The summed E-state index contributed by atoms with van der Waals surface area (Å²) in [7, 11) is 0. The Hall–Kier alpha value is -2.39. The SMILES string of the molecule is CCC(CC)n1ncc(C(=O)NCc2noc(C(F)(F)F)n2)c1C. The lowest BCUT2D eigenvalue weighted by Gasteiger charge is -2.15. The first-order valence-corrected chi connectivity index (χ1v) is 7.50. The van der Waals surface area contributed by atoms with Gasteiger partial charge in [-0.1, -0.05) is 19.0 Å². The summed E-state index contributed by atoms with van der Waals surface area (Å²) in [5.41, 5.74) is 1.06. The third-order valence-electron chi connectivity index (χ3n) is 3.70. The number of aromatic nitrogens is 4. The Morgan fingerprint density at radius 2 is 2.04 bits per heavy atom. The number of halogens is 3. The van der Waals surface area contributed by atoms with Gasteiger partial charge < -0.3 is 9.84 Å². The van der Waals surface area contributed by atoms with Crippen molar-refractivity contribution in [3.8, 4) is 0 Å². The molecule has 0 bridgehead atoms. The first-order valence-electron chi connectivity index (χ1n) is 7.50. The maximum absolute atomic E-state index is 12.4. The highest BCUT2D eigenvalue weighted by atomic mass is 19.4. The second kappa shape index (κ2) is 7.02. The summed E-state index contributed by atoms with van der Waals surface area (Å²) < 4.78 is 43.0. The van der Waals surface area contributed by atoms with Crippen molar-refractivity contribution in [2.75, 3.05) is 0 Å². The fourth-order valence-corrected chi connectivity index (χ4v) is 2.34. The summed E-state index contributed by atoms with van der Waals surface area (Å²) >= 11 is 0. The molecule has 2 aromatic heterocycles. The zero-order valence-electron chi connectivity index (χ0n) is 13.5. The molecule has 10 heteroatoms. The Balaban J connectivity index is 2.04. The van der Waals surface area contributed by atoms with Crippen LogP contribution >= 0.6 is 0 Å². The number of amides is 1. The highest BCUT2D eigenvalue weighted by molar-refractivity contribution is 5.94. The van der Waals surface area contributed by atoms with Gasteiger partial charge in [-0.05, 0) is 19.8 Å². The summed E-state index contributed by atoms with van der Waals surface area (Å²) in [4.78, 5) is 15.4. The van der Waals surface area contributed by atoms with Crippen LogP contribution in [0.2, 0.25) is 0 Å². The predicted octanol–water partition coefficient (Wildman–Crippen LogP) is 2.88. The molecule has 0 aliphatic rings. The highest BCUT2D eigenvalue weighted by Gasteiger charge is 2.38. The van der Waals surface area contributed by atoms with E-state index in [1.165, 1.54) is 6.20 Å². The Morgan fingerprint density at radius 1 is 1.38 bits per heavy atom. The van der Waals surface area contributed by atoms with Crippen molar-refractivity contribution in [2.24, 2.45) is 0 Å². The molecule has 0 atom stereocenters. The summed E-state index contributed by atoms with van der Waals surface area (Å²) in [5, 5.41) is 9.88. The number of rotatable bonds is 6. The minimum Gasteiger partial charge on any atom is -0.344 e. The lowest BCUT2D eigenvalue weighted by atomic mass is 10.1. The number of carbonyl (C=O) groups is 1. The van der Waals surface area contributed by atoms with E-state index in [9.17, 15) is 18.0 Å². The summed E-state index contributed by atoms with van der Waals surface area (Å²) in [6.45, 7) is 5.57. The first kappa shape index (κ1) is 18.0. The predicted molar refractivity (Wildman–Crippen MR) is 77.1 cm³/mol. The zero-order chi connectivity index (χ0) is 17.9. The van der Waals surface area contributed by atoms with Gasteiger partial charge in [0, 0.05) is 5.69 Å². The molecule has 0 aromatic carbocycles. The number of hydrogen-bond acceptors (Lipinski definition) is 5. The summed E-state index contributed by atoms with van der Waals surface area (Å²) in [5.74, 6) is -2.15. The quantitative estimate of drug-likeness (QED) is 0.870. The normalized spacial score (nSPS) is 12.0. The zero-order valence-corrected chi connectivity index (χ0v) is 13.5. The molecule has 1 N–H and O–H groups in total. The van der Waals surface area contributed by atoms with Crippen LogP contribution in [0.4, 0.5) is 13.2 Å². The summed E-state index contributed by atoms with van der Waals surface area (Å²) in [6.07, 6.45) is -1.50. The topological polar surface area (TPSA) is 85.8 Å². The Bertz CT molecular complexity index is 704. The van der Waals surface area contributed by atoms with Crippen LogP contribution < -0.4 is 5.32 Å². The molecule has 0 fully saturated rings. The maximum atomic E-state index is 12.4. The van der Waals surface area contributed by atoms with Gasteiger partial charge in [0.2, 0.25) is 0 Å². The number of nitrogens with zero attached hydrogens (tertiary/aromatic N) is 4. The van der Waals surface area contributed by atoms with E-state index in [1.54, 1.807) is 11.6 Å². The molecular formula is C14H18F3N5O2. The van der Waals surface area contributed by atoms with E-state index in [4.69, 9.17) is 0 Å². The largest absolute Gasteiger partial charge is 0.471 e. The number of nitrogens with one attached hydrogen (secondary N) is 1. The van der Waals surface area contributed by atoms with E-state index in [0.29, 0.717) is 11.3 Å². The second-order valence-electron chi connectivity index (χ2n) is 5.25. The van der Waals surface area contributed by atoms with Crippen molar-refractivity contribution in [1.82, 2.24) is 25.2 Å². The van der Waals surface area contributed by atoms with E-state index in [-0.39, 0.29) is 18.4 Å². The van der Waals surface area contributed by atoms with Crippen molar-refractivity contribution >= 4 is 5.91 Å². The first-order chi connectivity index (χ1) is 11.3. The van der Waals surface area contributed by atoms with Gasteiger partial charge in [-0.2, -0.15) is 23.3 Å². The number of carbonyl (C=O) groups excluding carboxylic acids is 1. The van der Waals surface area contributed by atoms with Crippen LogP contribution in [0.3, 0.4) is 0 Å². The monoisotopic (exact) mass is 345 g/mol. The van der Waals surface area contributed by atoms with Crippen molar-refractivity contribution in [3.63, 3.8) is 0 Å². The molecule has 0 aliphatic carbocycles. The van der Waals surface area contributed by atoms with Gasteiger partial charge in [-0.15, -0.1) is 0 Å². The molecule has 24 heavy (non-hydrogen) atoms. The van der Waals surface area contributed by atoms with Gasteiger partial charge in [0.15, 0.2) is 5.82 Å². The average molecular weight is 345 g/mol. The van der Waals surface area contributed by atoms with Crippen LogP contribution in [0, 0.1) is 6.92 Å². The average Bonchev–Trinajstić information content (AvgIpc) is 3.14. The molecule has 0 spiro atoms. The standard InChI is InChI=1S/C14H18F3N5O2/c1-4-9(5-2)22-8(3)10(6-19-22)12(23)18-7-11-20-13(24-21-11)14(15,16)17/h6,9H,4-5,7H2,1-3H3,(H,18,23). The smallest absolute Gasteiger partial charge is 0.344 e. The fraction of sp³-hybridized carbons (Fsp3) is 0.571. The third kappa shape index (κ3) is 3.74. The lowest BCUT2D eigenvalue weighted by Crippen LogP contribution is -2.24. The maximum Gasteiger partial charge on any atom is 0.471 e. The molecule has 0 radical (unpaired) electrons. The van der Waals surface area contributed by atoms with Crippen molar-refractivity contribution in [3.05, 3.63) is 29.2 Å². The molecule has 0 saturated carbocycles. The molecular weight excluding hydrogens is 327 g/mol. The van der Waals surface area contributed by atoms with Gasteiger partial charge in [0.25, 0.3) is 5.91 Å². The Morgan fingerprint density at radius 3 is 2.58 bits per heavy atom. The van der Waals surface area contributed by atoms with Crippen LogP contribution in [0.15, 0.2) is 10.7 Å². The van der Waals surface area contributed by atoms with Crippen LogP contribution in [-0.2, 0) is 12.7 Å². The minimum absolute atomic E-state index is 0.193. The van der Waals surface area contributed by atoms with E-state index in [0.717, 1.165) is 12.8 Å². The Kier molecular flexibility index (Phi) is 5.25. The van der Waals surface area contributed by atoms with Gasteiger partial charge in [-0.25, -0.2) is 0 Å². The second-order valence-corrected chi connectivity index (χ2v) is 5.25. The van der Waals surface area contributed by atoms with Crippen LogP contribution in [0.1, 0.15) is 60.5 Å². The fourth-order valence-electron chi connectivity index (χ4n) is 2.34. The number of hydrogen-bond donors (Lipinski definition) is 1. The van der Waals surface area contributed by atoms with Gasteiger partial charge in [0.05, 0.1) is 24.3 Å². The van der Waals surface area contributed by atoms with Crippen LogP contribution in [-0.4, -0.2) is 25.8 Å². The van der Waals surface area contributed by atoms with E-state index in [1.807, 2.05) is 13.8 Å². The molecule has 1 amide bonds. The molecule has 2 heterocycles. The van der Waals surface area contributed by atoms with E-state index >= 15 is 0 Å². The molecule has 132 valence electrons. The van der Waals surface area contributed by atoms with Gasteiger partial charge in [-0.3, -0.25) is 9.48 Å². The molecule has 0 aliphatic heterocycles. The minimum atomic E-state index is -4.71. The van der Waals surface area contributed by atoms with E-state index < -0.39 is 18.0 Å². The van der Waals surface area contributed by atoms with Gasteiger partial charge >= 0.3 is 12.1 Å². The summed E-state index contributed by atoms with van der Waals surface area (Å²) in [6, 6.07) is 0.193. The lowest BCUT2D eigenvalue weighted by molar-refractivity contribution is -0.159. The van der Waals surface area contributed by atoms with Gasteiger partial charge in [0.1, 0.15) is 0 Å². The molecule has 2 aromatic rings. The van der Waals surface area contributed by atoms with Crippen LogP contribution in [0.5, 0.6) is 0 Å². The molecule has 0 unspecified atom stereocenters. The van der Waals surface area contributed by atoms with Crippen molar-refractivity contribution in [1.29, 1.82) is 0 Å². The number of alkyl halides is 3. The molecule has 2 rings (SSSR count). The molecule has 7 nitrogen and oxygen atoms in total. The van der Waals surface area contributed by atoms with Crippen molar-refractivity contribution < 1.29 is 22.5 Å². The highest BCUT2D eigenvalue weighted by Crippen LogP contribution is 2.27. The van der Waals surface area contributed by atoms with E-state index in [2.05, 4.69) is 25.1 Å².